The molecule has 1 aliphatic rings. The lowest BCUT2D eigenvalue weighted by Gasteiger charge is -2.23. The highest BCUT2D eigenvalue weighted by atomic mass is 19.4. The number of halogens is 3. The van der Waals surface area contributed by atoms with Crippen molar-refractivity contribution in [2.45, 2.75) is 43.5 Å². The molecule has 9 heteroatoms. The third kappa shape index (κ3) is 4.48. The molecule has 0 amide bonds. The number of alkyl halides is 3. The summed E-state index contributed by atoms with van der Waals surface area (Å²) in [5.74, 6) is -0.467. The highest BCUT2D eigenvalue weighted by Gasteiger charge is 2.42. The largest absolute Gasteiger partial charge is 0.573 e. The number of aliphatic hydroxyl groups excluding tert-OH is 2. The van der Waals surface area contributed by atoms with Crippen LogP contribution in [0, 0.1) is 0 Å². The molecule has 1 fully saturated rings. The van der Waals surface area contributed by atoms with Crippen LogP contribution in [0.25, 0.3) is 0 Å². The van der Waals surface area contributed by atoms with Crippen LogP contribution in [0.2, 0.25) is 0 Å². The molecule has 1 aromatic carbocycles. The van der Waals surface area contributed by atoms with Crippen molar-refractivity contribution in [2.75, 3.05) is 0 Å². The maximum Gasteiger partial charge on any atom is 0.573 e. The number of benzene rings is 1. The zero-order valence-corrected chi connectivity index (χ0v) is 13.6. The smallest absolute Gasteiger partial charge is 0.406 e. The van der Waals surface area contributed by atoms with Crippen molar-refractivity contribution in [3.8, 4) is 5.75 Å². The quantitative estimate of drug-likeness (QED) is 0.744. The second kappa shape index (κ2) is 7.56. The van der Waals surface area contributed by atoms with Crippen molar-refractivity contribution in [1.82, 2.24) is 15.3 Å². The fourth-order valence-electron chi connectivity index (χ4n) is 3.18. The monoisotopic (exact) mass is 369 g/mol. The number of aromatic nitrogens is 2. The Bertz CT molecular complexity index is 713. The van der Waals surface area contributed by atoms with Gasteiger partial charge in [0.15, 0.2) is 0 Å². The highest BCUT2D eigenvalue weighted by molar-refractivity contribution is 5.28. The number of nitrogens with zero attached hydrogens (tertiary/aromatic N) is 2. The molecule has 0 saturated heterocycles. The summed E-state index contributed by atoms with van der Waals surface area (Å²) in [4.78, 5) is 7.93. The fourth-order valence-corrected chi connectivity index (χ4v) is 3.18. The minimum atomic E-state index is -4.73. The van der Waals surface area contributed by atoms with Gasteiger partial charge in [-0.05, 0) is 29.7 Å². The predicted molar refractivity (Wildman–Crippen MR) is 85.2 cm³/mol. The Morgan fingerprint density at radius 2 is 1.77 bits per heavy atom. The van der Waals surface area contributed by atoms with Gasteiger partial charge >= 0.3 is 6.36 Å². The summed E-state index contributed by atoms with van der Waals surface area (Å²) in [7, 11) is 0. The Kier molecular flexibility index (Phi) is 5.40. The van der Waals surface area contributed by atoms with E-state index in [9.17, 15) is 23.4 Å². The van der Waals surface area contributed by atoms with E-state index < -0.39 is 24.6 Å². The predicted octanol–water partition coefficient (Wildman–Crippen LogP) is 1.74. The van der Waals surface area contributed by atoms with Crippen LogP contribution < -0.4 is 10.1 Å². The summed E-state index contributed by atoms with van der Waals surface area (Å²) in [6.07, 6.45) is -1.52. The molecule has 4 atom stereocenters. The van der Waals surface area contributed by atoms with E-state index in [-0.39, 0.29) is 11.7 Å². The molecule has 0 unspecified atom stereocenters. The molecule has 0 radical (unpaired) electrons. The third-order valence-corrected chi connectivity index (χ3v) is 4.40. The molecule has 1 aromatic heterocycles. The van der Waals surface area contributed by atoms with Gasteiger partial charge in [0.2, 0.25) is 0 Å². The first-order valence-electron chi connectivity index (χ1n) is 8.02. The van der Waals surface area contributed by atoms with Gasteiger partial charge in [0.1, 0.15) is 12.1 Å². The van der Waals surface area contributed by atoms with Gasteiger partial charge in [0.25, 0.3) is 0 Å². The van der Waals surface area contributed by atoms with Gasteiger partial charge in [-0.2, -0.15) is 0 Å². The molecule has 0 bridgehead atoms. The number of hydrogen-bond acceptors (Lipinski definition) is 6. The zero-order chi connectivity index (χ0) is 18.7. The van der Waals surface area contributed by atoms with Crippen molar-refractivity contribution >= 4 is 0 Å². The van der Waals surface area contributed by atoms with Crippen LogP contribution in [0.1, 0.15) is 23.5 Å². The minimum absolute atomic E-state index is 0.172. The lowest BCUT2D eigenvalue weighted by atomic mass is 9.96. The molecule has 1 saturated carbocycles. The molecular weight excluding hydrogens is 351 g/mol. The van der Waals surface area contributed by atoms with Crippen molar-refractivity contribution in [1.29, 1.82) is 0 Å². The summed E-state index contributed by atoms with van der Waals surface area (Å²) < 4.78 is 40.4. The summed E-state index contributed by atoms with van der Waals surface area (Å²) in [5.41, 5.74) is 1.52. The number of nitrogens with one attached hydrogen (secondary N) is 1. The number of rotatable bonds is 5. The van der Waals surface area contributed by atoms with E-state index in [2.05, 4.69) is 20.0 Å². The van der Waals surface area contributed by atoms with Crippen LogP contribution in [0.3, 0.4) is 0 Å². The Morgan fingerprint density at radius 1 is 1.12 bits per heavy atom. The topological polar surface area (TPSA) is 87.5 Å². The number of hydrogen-bond donors (Lipinski definition) is 3. The number of aliphatic hydroxyl groups is 2. The van der Waals surface area contributed by atoms with Gasteiger partial charge in [-0.15, -0.1) is 13.2 Å². The maximum absolute atomic E-state index is 12.2. The van der Waals surface area contributed by atoms with E-state index in [4.69, 9.17) is 0 Å². The Morgan fingerprint density at radius 3 is 2.38 bits per heavy atom. The Labute approximate surface area is 147 Å². The molecule has 26 heavy (non-hydrogen) atoms. The van der Waals surface area contributed by atoms with E-state index >= 15 is 0 Å². The van der Waals surface area contributed by atoms with Crippen molar-refractivity contribution < 1.29 is 28.1 Å². The lowest BCUT2D eigenvalue weighted by Crippen LogP contribution is -2.41. The van der Waals surface area contributed by atoms with E-state index in [0.717, 1.165) is 11.1 Å². The molecule has 140 valence electrons. The normalized spacial score (nSPS) is 26.0. The van der Waals surface area contributed by atoms with Gasteiger partial charge in [0.05, 0.1) is 12.2 Å². The first kappa shape index (κ1) is 18.6. The summed E-state index contributed by atoms with van der Waals surface area (Å²) in [6.45, 7) is 0.310. The van der Waals surface area contributed by atoms with Crippen LogP contribution in [0.5, 0.6) is 5.75 Å². The maximum atomic E-state index is 12.2. The first-order chi connectivity index (χ1) is 12.3. The van der Waals surface area contributed by atoms with Crippen molar-refractivity contribution in [2.24, 2.45) is 0 Å². The first-order valence-corrected chi connectivity index (χ1v) is 8.02. The van der Waals surface area contributed by atoms with Gasteiger partial charge in [-0.25, -0.2) is 9.97 Å². The number of ether oxygens (including phenoxy) is 1. The minimum Gasteiger partial charge on any atom is -0.406 e. The summed E-state index contributed by atoms with van der Waals surface area (Å²) >= 11 is 0. The summed E-state index contributed by atoms with van der Waals surface area (Å²) in [6, 6.07) is 5.04. The standard InChI is InChI=1S/C17H18F3N3O3/c18-17(19,20)26-12-3-1-10(2-4-12)6-23-15-13(5-14(24)16(15)25)11-7-21-9-22-8-11/h1-4,7-9,13-16,23-25H,5-6H2/t13-,14-,15-,16-/m1/s1. The SMILES string of the molecule is O[C@H]1[C@H](NCc2ccc(OC(F)(F)F)cc2)[C@@H](c2cncnc2)C[C@H]1O. The Balaban J connectivity index is 1.65. The average Bonchev–Trinajstić information content (AvgIpc) is 2.89. The zero-order valence-electron chi connectivity index (χ0n) is 13.6. The highest BCUT2D eigenvalue weighted by Crippen LogP contribution is 2.35. The molecule has 0 spiro atoms. The molecule has 3 rings (SSSR count). The summed E-state index contributed by atoms with van der Waals surface area (Å²) in [5, 5.41) is 23.4. The van der Waals surface area contributed by atoms with E-state index in [1.165, 1.54) is 30.6 Å². The molecule has 2 aromatic rings. The van der Waals surface area contributed by atoms with Crippen molar-refractivity contribution in [3.05, 3.63) is 54.1 Å². The molecule has 3 N–H and O–H groups in total. The second-order valence-corrected chi connectivity index (χ2v) is 6.17. The average molecular weight is 369 g/mol. The van der Waals surface area contributed by atoms with E-state index in [1.807, 2.05) is 0 Å². The van der Waals surface area contributed by atoms with E-state index in [0.29, 0.717) is 13.0 Å². The van der Waals surface area contributed by atoms with Crippen LogP contribution in [0.4, 0.5) is 13.2 Å². The van der Waals surface area contributed by atoms with Gasteiger partial charge in [0, 0.05) is 30.9 Å². The van der Waals surface area contributed by atoms with Gasteiger partial charge < -0.3 is 20.3 Å². The van der Waals surface area contributed by atoms with Crippen LogP contribution in [-0.2, 0) is 6.54 Å². The second-order valence-electron chi connectivity index (χ2n) is 6.17. The van der Waals surface area contributed by atoms with Gasteiger partial charge in [-0.1, -0.05) is 12.1 Å². The van der Waals surface area contributed by atoms with Crippen LogP contribution in [-0.4, -0.2) is 44.8 Å². The van der Waals surface area contributed by atoms with Crippen LogP contribution >= 0.6 is 0 Å². The molecule has 1 aliphatic carbocycles. The Hall–Kier alpha value is -2.23. The van der Waals surface area contributed by atoms with Crippen molar-refractivity contribution in [3.63, 3.8) is 0 Å². The lowest BCUT2D eigenvalue weighted by molar-refractivity contribution is -0.274. The van der Waals surface area contributed by atoms with E-state index in [1.54, 1.807) is 12.4 Å². The van der Waals surface area contributed by atoms with Crippen LogP contribution in [0.15, 0.2) is 43.0 Å². The third-order valence-electron chi connectivity index (χ3n) is 4.40. The molecule has 1 heterocycles. The molecular formula is C17H18F3N3O3. The molecule has 6 nitrogen and oxygen atoms in total. The molecule has 0 aliphatic heterocycles. The fraction of sp³-hybridized carbons (Fsp3) is 0.412. The van der Waals surface area contributed by atoms with Gasteiger partial charge in [-0.3, -0.25) is 0 Å².